The second kappa shape index (κ2) is 14.9. The third kappa shape index (κ3) is 8.18. The largest absolute Gasteiger partial charge is 0.386 e. The Balaban J connectivity index is 0.00000147. The first-order valence-electron chi connectivity index (χ1n) is 12.7. The molecule has 0 bridgehead atoms. The van der Waals surface area contributed by atoms with Crippen molar-refractivity contribution in [2.45, 2.75) is 19.4 Å². The van der Waals surface area contributed by atoms with Crippen LogP contribution in [-0.2, 0) is 20.8 Å². The van der Waals surface area contributed by atoms with Gasteiger partial charge in [-0.05, 0) is 72.5 Å². The quantitative estimate of drug-likeness (QED) is 0.247. The van der Waals surface area contributed by atoms with Crippen LogP contribution in [0.5, 0.6) is 0 Å². The van der Waals surface area contributed by atoms with Crippen molar-refractivity contribution in [2.75, 3.05) is 23.8 Å². The zero-order valence-electron chi connectivity index (χ0n) is 22.7. The van der Waals surface area contributed by atoms with Gasteiger partial charge >= 0.3 is 0 Å². The van der Waals surface area contributed by atoms with Gasteiger partial charge in [-0.3, -0.25) is 19.4 Å². The minimum atomic E-state index is -0.654. The Morgan fingerprint density at radius 2 is 1.78 bits per heavy atom. The Labute approximate surface area is 237 Å². The predicted molar refractivity (Wildman–Crippen MR) is 155 cm³/mol. The number of hydrogen-bond acceptors (Lipinski definition) is 5. The summed E-state index contributed by atoms with van der Waals surface area (Å²) in [6.45, 7) is 1.44. The number of carbonyl (C=O) groups is 3. The average molecular weight is 560 g/mol. The lowest BCUT2D eigenvalue weighted by molar-refractivity contribution is -0.121. The van der Waals surface area contributed by atoms with Crippen LogP contribution in [0.4, 0.5) is 20.2 Å². The summed E-state index contributed by atoms with van der Waals surface area (Å²) in [6, 6.07) is 21.0. The molecule has 1 atom stereocenters. The van der Waals surface area contributed by atoms with Gasteiger partial charge in [0, 0.05) is 18.8 Å². The second-order valence-corrected chi connectivity index (χ2v) is 8.99. The van der Waals surface area contributed by atoms with Crippen LogP contribution in [0.15, 0.2) is 85.1 Å². The third-order valence-corrected chi connectivity index (χ3v) is 6.23. The standard InChI is InChI=1S/C30H28F2N4O2.CH3NO/c1-20-15-22(12-13-25(20)32)24-9-6-14-34-30(24)27(17-21-7-5-8-23(31)16-21)35-29(38)18-36(19-37)28-11-4-3-10-26(28)33-2;2-1-3/h3-16,19,27,33H,17-18H2,1-2H3,(H,35,38);1H,(H2,2,3). The molecule has 0 saturated carbocycles. The molecule has 4 aromatic rings. The minimum Gasteiger partial charge on any atom is -0.386 e. The normalized spacial score (nSPS) is 10.9. The average Bonchev–Trinajstić information content (AvgIpc) is 2.97. The zero-order chi connectivity index (χ0) is 29.8. The van der Waals surface area contributed by atoms with Crippen molar-refractivity contribution in [1.82, 2.24) is 10.3 Å². The Morgan fingerprint density at radius 1 is 1.02 bits per heavy atom. The van der Waals surface area contributed by atoms with Crippen molar-refractivity contribution in [2.24, 2.45) is 5.73 Å². The molecule has 0 aliphatic rings. The molecular weight excluding hydrogens is 528 g/mol. The fourth-order valence-corrected chi connectivity index (χ4v) is 4.38. The Bertz CT molecular complexity index is 1500. The molecule has 41 heavy (non-hydrogen) atoms. The second-order valence-electron chi connectivity index (χ2n) is 8.99. The molecule has 3 aromatic carbocycles. The Hall–Kier alpha value is -5.12. The first-order chi connectivity index (χ1) is 19.8. The molecule has 0 aliphatic heterocycles. The van der Waals surface area contributed by atoms with Crippen molar-refractivity contribution >= 4 is 30.1 Å². The number of halogens is 2. The van der Waals surface area contributed by atoms with E-state index in [1.54, 1.807) is 68.7 Å². The topological polar surface area (TPSA) is 117 Å². The van der Waals surface area contributed by atoms with Crippen molar-refractivity contribution in [1.29, 1.82) is 0 Å². The lowest BCUT2D eigenvalue weighted by Gasteiger charge is -2.24. The molecule has 1 heterocycles. The maximum Gasteiger partial charge on any atom is 0.240 e. The van der Waals surface area contributed by atoms with Gasteiger partial charge in [-0.25, -0.2) is 8.78 Å². The Kier molecular flexibility index (Phi) is 11.0. The van der Waals surface area contributed by atoms with Gasteiger partial charge in [0.15, 0.2) is 0 Å². The molecule has 4 rings (SSSR count). The number of anilines is 2. The number of benzene rings is 3. The van der Waals surface area contributed by atoms with Crippen molar-refractivity contribution in [3.05, 3.63) is 114 Å². The summed E-state index contributed by atoms with van der Waals surface area (Å²) in [7, 11) is 1.73. The van der Waals surface area contributed by atoms with E-state index >= 15 is 0 Å². The number of amides is 3. The number of carbonyl (C=O) groups excluding carboxylic acids is 3. The third-order valence-electron chi connectivity index (χ3n) is 6.23. The highest BCUT2D eigenvalue weighted by molar-refractivity contribution is 5.92. The minimum absolute atomic E-state index is 0.236. The zero-order valence-corrected chi connectivity index (χ0v) is 22.7. The summed E-state index contributed by atoms with van der Waals surface area (Å²) in [6.07, 6.45) is 2.72. The van der Waals surface area contributed by atoms with Gasteiger partial charge in [0.25, 0.3) is 0 Å². The van der Waals surface area contributed by atoms with E-state index in [2.05, 4.69) is 21.4 Å². The van der Waals surface area contributed by atoms with Crippen LogP contribution < -0.4 is 21.3 Å². The molecule has 4 N–H and O–H groups in total. The van der Waals surface area contributed by atoms with Gasteiger partial charge < -0.3 is 21.3 Å². The van der Waals surface area contributed by atoms with Crippen molar-refractivity contribution in [3.8, 4) is 11.1 Å². The Morgan fingerprint density at radius 3 is 2.46 bits per heavy atom. The van der Waals surface area contributed by atoms with Crippen LogP contribution in [0.2, 0.25) is 0 Å². The molecule has 10 heteroatoms. The summed E-state index contributed by atoms with van der Waals surface area (Å²) in [5.74, 6) is -1.13. The van der Waals surface area contributed by atoms with Gasteiger partial charge in [0.05, 0.1) is 23.1 Å². The molecule has 0 spiro atoms. The summed E-state index contributed by atoms with van der Waals surface area (Å²) in [5, 5.41) is 6.01. The number of para-hydroxylation sites is 2. The van der Waals surface area contributed by atoms with Crippen LogP contribution in [0.25, 0.3) is 11.1 Å². The lowest BCUT2D eigenvalue weighted by Crippen LogP contribution is -2.39. The van der Waals surface area contributed by atoms with E-state index in [-0.39, 0.29) is 25.2 Å². The first kappa shape index (κ1) is 30.4. The highest BCUT2D eigenvalue weighted by Crippen LogP contribution is 2.30. The number of nitrogens with zero attached hydrogens (tertiary/aromatic N) is 2. The molecule has 1 unspecified atom stereocenters. The molecule has 0 radical (unpaired) electrons. The summed E-state index contributed by atoms with van der Waals surface area (Å²) in [5.41, 5.74) is 8.56. The van der Waals surface area contributed by atoms with E-state index in [0.717, 1.165) is 5.56 Å². The molecule has 212 valence electrons. The number of aryl methyl sites for hydroxylation is 1. The number of pyridine rings is 1. The smallest absolute Gasteiger partial charge is 0.240 e. The van der Waals surface area contributed by atoms with E-state index in [4.69, 9.17) is 4.79 Å². The maximum atomic E-state index is 14.0. The van der Waals surface area contributed by atoms with Gasteiger partial charge in [-0.2, -0.15) is 0 Å². The molecule has 8 nitrogen and oxygen atoms in total. The number of nitrogens with one attached hydrogen (secondary N) is 2. The van der Waals surface area contributed by atoms with Crippen LogP contribution in [0.1, 0.15) is 22.9 Å². The predicted octanol–water partition coefficient (Wildman–Crippen LogP) is 4.54. The molecule has 0 fully saturated rings. The number of rotatable bonds is 10. The maximum absolute atomic E-state index is 14.0. The van der Waals surface area contributed by atoms with Gasteiger partial charge in [-0.1, -0.05) is 36.4 Å². The van der Waals surface area contributed by atoms with Crippen LogP contribution in [0, 0.1) is 18.6 Å². The molecular formula is C31H31F2N5O3. The van der Waals surface area contributed by atoms with Crippen LogP contribution in [-0.4, -0.2) is 37.3 Å². The highest BCUT2D eigenvalue weighted by Gasteiger charge is 2.23. The summed E-state index contributed by atoms with van der Waals surface area (Å²) < 4.78 is 28.0. The van der Waals surface area contributed by atoms with Crippen molar-refractivity contribution < 1.29 is 23.2 Å². The van der Waals surface area contributed by atoms with Crippen LogP contribution in [0.3, 0.4) is 0 Å². The number of hydrogen-bond donors (Lipinski definition) is 3. The van der Waals surface area contributed by atoms with E-state index in [9.17, 15) is 18.4 Å². The highest BCUT2D eigenvalue weighted by atomic mass is 19.1. The van der Waals surface area contributed by atoms with Gasteiger partial charge in [0.2, 0.25) is 18.7 Å². The van der Waals surface area contributed by atoms with E-state index in [1.165, 1.54) is 23.1 Å². The first-order valence-corrected chi connectivity index (χ1v) is 12.7. The monoisotopic (exact) mass is 559 g/mol. The van der Waals surface area contributed by atoms with Gasteiger partial charge in [0.1, 0.15) is 18.2 Å². The summed E-state index contributed by atoms with van der Waals surface area (Å²) in [4.78, 5) is 39.7. The van der Waals surface area contributed by atoms with Crippen LogP contribution >= 0.6 is 0 Å². The SMILES string of the molecule is CNc1ccccc1N(C=O)CC(=O)NC(Cc1cccc(F)c1)c1ncccc1-c1ccc(F)c(C)c1.NC=O. The number of nitrogens with two attached hydrogens (primary N) is 1. The molecule has 0 aliphatic carbocycles. The van der Waals surface area contributed by atoms with E-state index in [0.29, 0.717) is 40.2 Å². The molecule has 1 aromatic heterocycles. The fraction of sp³-hybridized carbons (Fsp3) is 0.161. The number of primary amides is 1. The lowest BCUT2D eigenvalue weighted by atomic mass is 9.94. The van der Waals surface area contributed by atoms with E-state index in [1.807, 2.05) is 12.1 Å². The fourth-order valence-electron chi connectivity index (χ4n) is 4.38. The number of aromatic nitrogens is 1. The van der Waals surface area contributed by atoms with Gasteiger partial charge in [-0.15, -0.1) is 0 Å². The van der Waals surface area contributed by atoms with Crippen molar-refractivity contribution in [3.63, 3.8) is 0 Å². The van der Waals surface area contributed by atoms with E-state index < -0.39 is 17.8 Å². The summed E-state index contributed by atoms with van der Waals surface area (Å²) >= 11 is 0. The molecule has 3 amide bonds. The molecule has 0 saturated heterocycles.